The molecule has 19 heavy (non-hydrogen) atoms. The summed E-state index contributed by atoms with van der Waals surface area (Å²) in [5, 5.41) is 0. The topological polar surface area (TPSA) is 35.5 Å². The molecule has 0 bridgehead atoms. The average Bonchev–Trinajstić information content (AvgIpc) is 2.29. The zero-order valence-electron chi connectivity index (χ0n) is 10.1. The Morgan fingerprint density at radius 1 is 1.37 bits per heavy atom. The van der Waals surface area contributed by atoms with Crippen molar-refractivity contribution < 1.29 is 27.4 Å². The summed E-state index contributed by atoms with van der Waals surface area (Å²) in [6.07, 6.45) is -4.29. The van der Waals surface area contributed by atoms with Crippen LogP contribution in [0.25, 0.3) is 0 Å². The van der Waals surface area contributed by atoms with E-state index in [9.17, 15) is 18.0 Å². The van der Waals surface area contributed by atoms with Gasteiger partial charge in [0.1, 0.15) is 5.75 Å². The van der Waals surface area contributed by atoms with E-state index in [1.54, 1.807) is 35.6 Å². The smallest absolute Gasteiger partial charge is 0.466 e. The van der Waals surface area contributed by atoms with Gasteiger partial charge in [-0.3, -0.25) is 4.79 Å². The largest absolute Gasteiger partial charge is 0.573 e. The van der Waals surface area contributed by atoms with Gasteiger partial charge in [0.2, 0.25) is 0 Å². The summed E-state index contributed by atoms with van der Waals surface area (Å²) >= 11 is 1.76. The van der Waals surface area contributed by atoms with E-state index in [1.165, 1.54) is 12.1 Å². The summed E-state index contributed by atoms with van der Waals surface area (Å²) in [7, 11) is 0. The lowest BCUT2D eigenvalue weighted by molar-refractivity contribution is -0.275. The molecule has 0 aliphatic rings. The number of hydrogen-bond donors (Lipinski definition) is 0. The van der Waals surface area contributed by atoms with E-state index in [0.717, 1.165) is 0 Å². The molecule has 0 fully saturated rings. The predicted molar refractivity (Wildman–Crippen MR) is 70.8 cm³/mol. The number of rotatable bonds is 5. The maximum atomic E-state index is 12.2. The van der Waals surface area contributed by atoms with E-state index in [2.05, 4.69) is 4.74 Å². The normalized spacial score (nSPS) is 11.2. The molecule has 0 aliphatic carbocycles. The molecular formula is C12H12F3IO3. The average molecular weight is 388 g/mol. The number of hydrogen-bond acceptors (Lipinski definition) is 3. The molecule has 0 saturated carbocycles. The van der Waals surface area contributed by atoms with Crippen molar-refractivity contribution in [2.45, 2.75) is 26.1 Å². The number of alkyl halides is 3. The fraction of sp³-hybridized carbons (Fsp3) is 0.417. The molecular weight excluding hydrogens is 376 g/mol. The van der Waals surface area contributed by atoms with Crippen LogP contribution < -0.4 is 4.74 Å². The second-order valence-electron chi connectivity index (χ2n) is 3.62. The second-order valence-corrected chi connectivity index (χ2v) is 4.78. The lowest BCUT2D eigenvalue weighted by Gasteiger charge is -2.12. The van der Waals surface area contributed by atoms with Crippen molar-refractivity contribution in [3.8, 4) is 5.75 Å². The molecule has 0 saturated heterocycles. The van der Waals surface area contributed by atoms with Crippen molar-refractivity contribution in [3.05, 3.63) is 27.3 Å². The highest BCUT2D eigenvalue weighted by Gasteiger charge is 2.32. The van der Waals surface area contributed by atoms with Crippen molar-refractivity contribution in [3.63, 3.8) is 0 Å². The lowest BCUT2D eigenvalue weighted by Crippen LogP contribution is -2.18. The van der Waals surface area contributed by atoms with Crippen LogP contribution >= 0.6 is 22.6 Å². The van der Waals surface area contributed by atoms with Crippen LogP contribution in [0.2, 0.25) is 0 Å². The standard InChI is InChI=1S/C12H12F3IO3/c1-2-18-11(17)6-4-8-3-5-9(16)10(7-8)19-12(13,14)15/h3,5,7H,2,4,6H2,1H3. The first-order chi connectivity index (χ1) is 8.81. The molecule has 0 aromatic heterocycles. The minimum Gasteiger partial charge on any atom is -0.466 e. The zero-order chi connectivity index (χ0) is 14.5. The third kappa shape index (κ3) is 6.13. The molecule has 1 aromatic rings. The fourth-order valence-electron chi connectivity index (χ4n) is 1.39. The second kappa shape index (κ2) is 6.97. The van der Waals surface area contributed by atoms with Crippen LogP contribution in [0, 0.1) is 3.57 Å². The first-order valence-electron chi connectivity index (χ1n) is 5.51. The van der Waals surface area contributed by atoms with Gasteiger partial charge in [-0.1, -0.05) is 6.07 Å². The molecule has 0 amide bonds. The molecule has 0 heterocycles. The van der Waals surface area contributed by atoms with Crippen LogP contribution in [0.4, 0.5) is 13.2 Å². The Bertz CT molecular complexity index is 446. The Morgan fingerprint density at radius 3 is 2.63 bits per heavy atom. The Morgan fingerprint density at radius 2 is 2.05 bits per heavy atom. The van der Waals surface area contributed by atoms with E-state index in [0.29, 0.717) is 15.6 Å². The van der Waals surface area contributed by atoms with Crippen molar-refractivity contribution in [1.29, 1.82) is 0 Å². The Hall–Kier alpha value is -0.990. The van der Waals surface area contributed by atoms with Gasteiger partial charge in [0.15, 0.2) is 0 Å². The molecule has 0 atom stereocenters. The number of benzene rings is 1. The fourth-order valence-corrected chi connectivity index (χ4v) is 1.83. The molecule has 106 valence electrons. The molecule has 3 nitrogen and oxygen atoms in total. The van der Waals surface area contributed by atoms with Crippen LogP contribution in [0.5, 0.6) is 5.75 Å². The third-order valence-corrected chi connectivity index (χ3v) is 3.04. The summed E-state index contributed by atoms with van der Waals surface area (Å²) in [6, 6.07) is 4.46. The van der Waals surface area contributed by atoms with Crippen LogP contribution in [-0.4, -0.2) is 18.9 Å². The van der Waals surface area contributed by atoms with Gasteiger partial charge in [-0.25, -0.2) is 0 Å². The van der Waals surface area contributed by atoms with Gasteiger partial charge in [-0.15, -0.1) is 13.2 Å². The highest BCUT2D eigenvalue weighted by Crippen LogP contribution is 2.28. The van der Waals surface area contributed by atoms with Crippen molar-refractivity contribution in [1.82, 2.24) is 0 Å². The molecule has 7 heteroatoms. The van der Waals surface area contributed by atoms with Crippen LogP contribution in [0.3, 0.4) is 0 Å². The van der Waals surface area contributed by atoms with E-state index >= 15 is 0 Å². The SMILES string of the molecule is CCOC(=O)CCc1ccc(I)c(OC(F)(F)F)c1. The highest BCUT2D eigenvalue weighted by atomic mass is 127. The predicted octanol–water partition coefficient (Wildman–Crippen LogP) is 3.69. The molecule has 1 aromatic carbocycles. The van der Waals surface area contributed by atoms with Crippen molar-refractivity contribution >= 4 is 28.6 Å². The number of carbonyl (C=O) groups excluding carboxylic acids is 1. The van der Waals surface area contributed by atoms with Gasteiger partial charge in [0.05, 0.1) is 10.2 Å². The maximum Gasteiger partial charge on any atom is 0.573 e. The molecule has 0 spiro atoms. The maximum absolute atomic E-state index is 12.2. The lowest BCUT2D eigenvalue weighted by atomic mass is 10.1. The number of ether oxygens (including phenoxy) is 2. The van der Waals surface area contributed by atoms with E-state index < -0.39 is 6.36 Å². The van der Waals surface area contributed by atoms with E-state index in [1.807, 2.05) is 0 Å². The zero-order valence-corrected chi connectivity index (χ0v) is 12.2. The molecule has 0 N–H and O–H groups in total. The number of aryl methyl sites for hydroxylation is 1. The quantitative estimate of drug-likeness (QED) is 0.570. The molecule has 0 aliphatic heterocycles. The number of halogens is 4. The monoisotopic (exact) mass is 388 g/mol. The van der Waals surface area contributed by atoms with Crippen LogP contribution in [-0.2, 0) is 16.0 Å². The number of carbonyl (C=O) groups is 1. The van der Waals surface area contributed by atoms with E-state index in [4.69, 9.17) is 4.74 Å². The molecule has 1 rings (SSSR count). The summed E-state index contributed by atoms with van der Waals surface area (Å²) in [5.74, 6) is -0.631. The summed E-state index contributed by atoms with van der Waals surface area (Å²) in [4.78, 5) is 11.2. The van der Waals surface area contributed by atoms with Gasteiger partial charge in [-0.05, 0) is 53.6 Å². The minimum absolute atomic E-state index is 0.125. The van der Waals surface area contributed by atoms with Gasteiger partial charge in [0.25, 0.3) is 0 Å². The minimum atomic E-state index is -4.72. The third-order valence-electron chi connectivity index (χ3n) is 2.14. The Balaban J connectivity index is 2.71. The summed E-state index contributed by atoms with van der Waals surface area (Å²) < 4.78 is 45.5. The molecule has 0 radical (unpaired) electrons. The van der Waals surface area contributed by atoms with Gasteiger partial charge in [0, 0.05) is 6.42 Å². The summed E-state index contributed by atoms with van der Waals surface area (Å²) in [6.45, 7) is 1.98. The van der Waals surface area contributed by atoms with Gasteiger partial charge < -0.3 is 9.47 Å². The molecule has 0 unspecified atom stereocenters. The summed E-state index contributed by atoms with van der Waals surface area (Å²) in [5.41, 5.74) is 0.590. The van der Waals surface area contributed by atoms with Crippen molar-refractivity contribution in [2.24, 2.45) is 0 Å². The first kappa shape index (κ1) is 16.1. The Kier molecular flexibility index (Phi) is 5.89. The van der Waals surface area contributed by atoms with Gasteiger partial charge >= 0.3 is 12.3 Å². The van der Waals surface area contributed by atoms with Crippen LogP contribution in [0.1, 0.15) is 18.9 Å². The van der Waals surface area contributed by atoms with Crippen LogP contribution in [0.15, 0.2) is 18.2 Å². The van der Waals surface area contributed by atoms with Gasteiger partial charge in [-0.2, -0.15) is 0 Å². The Labute approximate surface area is 122 Å². The highest BCUT2D eigenvalue weighted by molar-refractivity contribution is 14.1. The first-order valence-corrected chi connectivity index (χ1v) is 6.59. The van der Waals surface area contributed by atoms with Crippen molar-refractivity contribution in [2.75, 3.05) is 6.61 Å². The van der Waals surface area contributed by atoms with E-state index in [-0.39, 0.29) is 24.7 Å². The number of esters is 1.